The number of aryl methyl sites for hydroxylation is 1. The molecule has 2 aromatic rings. The quantitative estimate of drug-likeness (QED) is 0.871. The van der Waals surface area contributed by atoms with Crippen molar-refractivity contribution in [2.24, 2.45) is 0 Å². The van der Waals surface area contributed by atoms with Crippen LogP contribution in [0.4, 0.5) is 0 Å². The minimum atomic E-state index is 0.00782. The van der Waals surface area contributed by atoms with Gasteiger partial charge in [-0.25, -0.2) is 4.98 Å². The maximum absolute atomic E-state index is 9.28. The van der Waals surface area contributed by atoms with Crippen LogP contribution in [0.3, 0.4) is 0 Å². The maximum Gasteiger partial charge on any atom is 0.214 e. The molecule has 2 rings (SSSR count). The third-order valence-electron chi connectivity index (χ3n) is 2.90. The van der Waals surface area contributed by atoms with E-state index in [9.17, 15) is 5.11 Å². The predicted octanol–water partition coefficient (Wildman–Crippen LogP) is 3.87. The highest BCUT2D eigenvalue weighted by molar-refractivity contribution is 9.10. The van der Waals surface area contributed by atoms with Crippen LogP contribution in [0, 0.1) is 0 Å². The van der Waals surface area contributed by atoms with Crippen LogP contribution in [0.25, 0.3) is 0 Å². The first kappa shape index (κ1) is 15.0. The molecule has 0 aliphatic heterocycles. The molecule has 0 amide bonds. The number of aliphatic hydroxyl groups is 1. The fraction of sp³-hybridized carbons (Fsp3) is 0.312. The number of hydrogen-bond acceptors (Lipinski definition) is 3. The molecule has 1 aromatic carbocycles. The zero-order chi connectivity index (χ0) is 14.4. The van der Waals surface area contributed by atoms with Gasteiger partial charge in [0.1, 0.15) is 6.61 Å². The third kappa shape index (κ3) is 4.32. The Morgan fingerprint density at radius 2 is 1.90 bits per heavy atom. The van der Waals surface area contributed by atoms with Gasteiger partial charge in [0.15, 0.2) is 0 Å². The van der Waals surface area contributed by atoms with Gasteiger partial charge in [-0.2, -0.15) is 0 Å². The van der Waals surface area contributed by atoms with Crippen molar-refractivity contribution in [3.63, 3.8) is 0 Å². The number of rotatable bonds is 6. The predicted molar refractivity (Wildman–Crippen MR) is 82.6 cm³/mol. The molecule has 0 bridgehead atoms. The number of hydrogen-bond donors (Lipinski definition) is 1. The van der Waals surface area contributed by atoms with E-state index >= 15 is 0 Å². The van der Waals surface area contributed by atoms with E-state index in [1.54, 1.807) is 6.07 Å². The van der Waals surface area contributed by atoms with Crippen LogP contribution in [0.15, 0.2) is 40.9 Å². The number of pyridine rings is 1. The summed E-state index contributed by atoms with van der Waals surface area (Å²) in [5.74, 6) is 0.572. The first-order valence-corrected chi connectivity index (χ1v) is 7.48. The molecule has 0 unspecified atom stereocenters. The fourth-order valence-corrected chi connectivity index (χ4v) is 2.17. The fourth-order valence-electron chi connectivity index (χ4n) is 1.91. The van der Waals surface area contributed by atoms with E-state index in [0.717, 1.165) is 34.1 Å². The summed E-state index contributed by atoms with van der Waals surface area (Å²) >= 11 is 3.41. The zero-order valence-corrected chi connectivity index (χ0v) is 13.1. The molecule has 0 radical (unpaired) electrons. The second-order valence-corrected chi connectivity index (χ2v) is 5.54. The Hall–Kier alpha value is -1.39. The van der Waals surface area contributed by atoms with Crippen molar-refractivity contribution in [2.45, 2.75) is 33.0 Å². The molecule has 106 valence electrons. The second kappa shape index (κ2) is 7.41. The largest absolute Gasteiger partial charge is 0.473 e. The number of aromatic nitrogens is 1. The van der Waals surface area contributed by atoms with Crippen LogP contribution in [-0.2, 0) is 19.6 Å². The summed E-state index contributed by atoms with van der Waals surface area (Å²) < 4.78 is 6.77. The van der Waals surface area contributed by atoms with Gasteiger partial charge in [0.05, 0.1) is 6.61 Å². The molecule has 0 spiro atoms. The van der Waals surface area contributed by atoms with Crippen molar-refractivity contribution >= 4 is 15.9 Å². The van der Waals surface area contributed by atoms with E-state index in [1.165, 1.54) is 0 Å². The van der Waals surface area contributed by atoms with Crippen molar-refractivity contribution in [3.05, 3.63) is 57.7 Å². The average molecular weight is 336 g/mol. The SMILES string of the molecule is CCCc1cc(CO)cc(OCc2ccc(Br)cc2)n1. The highest BCUT2D eigenvalue weighted by atomic mass is 79.9. The van der Waals surface area contributed by atoms with E-state index in [4.69, 9.17) is 4.74 Å². The van der Waals surface area contributed by atoms with Crippen molar-refractivity contribution in [2.75, 3.05) is 0 Å². The lowest BCUT2D eigenvalue weighted by atomic mass is 10.2. The van der Waals surface area contributed by atoms with Gasteiger partial charge in [-0.3, -0.25) is 0 Å². The molecule has 20 heavy (non-hydrogen) atoms. The third-order valence-corrected chi connectivity index (χ3v) is 3.43. The lowest BCUT2D eigenvalue weighted by Gasteiger charge is -2.09. The molecule has 0 aliphatic carbocycles. The second-order valence-electron chi connectivity index (χ2n) is 4.63. The lowest BCUT2D eigenvalue weighted by molar-refractivity contribution is 0.274. The lowest BCUT2D eigenvalue weighted by Crippen LogP contribution is -2.01. The van der Waals surface area contributed by atoms with Gasteiger partial charge >= 0.3 is 0 Å². The monoisotopic (exact) mass is 335 g/mol. The topological polar surface area (TPSA) is 42.4 Å². The Morgan fingerprint density at radius 3 is 2.55 bits per heavy atom. The standard InChI is InChI=1S/C16H18BrNO2/c1-2-3-15-8-13(10-19)9-16(18-15)20-11-12-4-6-14(17)7-5-12/h4-9,19H,2-3,10-11H2,1H3. The number of halogens is 1. The van der Waals surface area contributed by atoms with Crippen molar-refractivity contribution in [3.8, 4) is 5.88 Å². The molecule has 3 nitrogen and oxygen atoms in total. The number of aliphatic hydroxyl groups excluding tert-OH is 1. The summed E-state index contributed by atoms with van der Waals surface area (Å²) in [6, 6.07) is 11.7. The Morgan fingerprint density at radius 1 is 1.15 bits per heavy atom. The summed E-state index contributed by atoms with van der Waals surface area (Å²) in [5.41, 5.74) is 2.89. The van der Waals surface area contributed by atoms with E-state index in [0.29, 0.717) is 12.5 Å². The van der Waals surface area contributed by atoms with Crippen molar-refractivity contribution < 1.29 is 9.84 Å². The summed E-state index contributed by atoms with van der Waals surface area (Å²) in [7, 11) is 0. The van der Waals surface area contributed by atoms with Gasteiger partial charge in [0.25, 0.3) is 0 Å². The summed E-state index contributed by atoms with van der Waals surface area (Å²) in [6.07, 6.45) is 1.91. The first-order valence-electron chi connectivity index (χ1n) is 6.69. The summed E-state index contributed by atoms with van der Waals surface area (Å²) in [6.45, 7) is 2.59. The normalized spacial score (nSPS) is 10.6. The molecule has 1 heterocycles. The molecule has 0 aliphatic rings. The highest BCUT2D eigenvalue weighted by Crippen LogP contribution is 2.17. The van der Waals surface area contributed by atoms with Crippen LogP contribution >= 0.6 is 15.9 Å². The molecule has 0 saturated heterocycles. The van der Waals surface area contributed by atoms with Gasteiger partial charge in [0, 0.05) is 16.2 Å². The van der Waals surface area contributed by atoms with Crippen LogP contribution in [0.2, 0.25) is 0 Å². The van der Waals surface area contributed by atoms with Crippen molar-refractivity contribution in [1.29, 1.82) is 0 Å². The number of benzene rings is 1. The molecule has 1 N–H and O–H groups in total. The number of ether oxygens (including phenoxy) is 1. The number of nitrogens with zero attached hydrogens (tertiary/aromatic N) is 1. The molecular formula is C16H18BrNO2. The Bertz CT molecular complexity index is 555. The van der Waals surface area contributed by atoms with E-state index < -0.39 is 0 Å². The van der Waals surface area contributed by atoms with E-state index in [1.807, 2.05) is 30.3 Å². The van der Waals surface area contributed by atoms with Crippen LogP contribution in [0.5, 0.6) is 5.88 Å². The minimum Gasteiger partial charge on any atom is -0.473 e. The van der Waals surface area contributed by atoms with Gasteiger partial charge in [-0.05, 0) is 35.7 Å². The molecular weight excluding hydrogens is 318 g/mol. The van der Waals surface area contributed by atoms with E-state index in [2.05, 4.69) is 27.8 Å². The first-order chi connectivity index (χ1) is 9.71. The zero-order valence-electron chi connectivity index (χ0n) is 11.5. The Balaban J connectivity index is 2.07. The smallest absolute Gasteiger partial charge is 0.214 e. The molecule has 0 atom stereocenters. The van der Waals surface area contributed by atoms with Gasteiger partial charge in [-0.15, -0.1) is 0 Å². The Kier molecular flexibility index (Phi) is 5.56. The minimum absolute atomic E-state index is 0.00782. The van der Waals surface area contributed by atoms with Crippen molar-refractivity contribution in [1.82, 2.24) is 4.98 Å². The molecule has 0 fully saturated rings. The van der Waals surface area contributed by atoms with Gasteiger partial charge in [-0.1, -0.05) is 41.4 Å². The highest BCUT2D eigenvalue weighted by Gasteiger charge is 2.04. The average Bonchev–Trinajstić information content (AvgIpc) is 2.47. The Labute approximate surface area is 127 Å². The van der Waals surface area contributed by atoms with Gasteiger partial charge in [0.2, 0.25) is 5.88 Å². The summed E-state index contributed by atoms with van der Waals surface area (Å²) in [4.78, 5) is 4.46. The van der Waals surface area contributed by atoms with Crippen LogP contribution < -0.4 is 4.74 Å². The molecule has 1 aromatic heterocycles. The summed E-state index contributed by atoms with van der Waals surface area (Å²) in [5, 5.41) is 9.28. The van der Waals surface area contributed by atoms with Crippen LogP contribution in [-0.4, -0.2) is 10.1 Å². The molecule has 0 saturated carbocycles. The molecule has 4 heteroatoms. The van der Waals surface area contributed by atoms with Gasteiger partial charge < -0.3 is 9.84 Å². The van der Waals surface area contributed by atoms with Crippen LogP contribution in [0.1, 0.15) is 30.2 Å². The van der Waals surface area contributed by atoms with E-state index in [-0.39, 0.29) is 6.61 Å². The maximum atomic E-state index is 9.28.